The molecule has 9 nitrogen and oxygen atoms in total. The lowest BCUT2D eigenvalue weighted by Crippen LogP contribution is -2.50. The molecule has 2 fully saturated rings. The first-order valence-corrected chi connectivity index (χ1v) is 12.5. The van der Waals surface area contributed by atoms with Crippen molar-refractivity contribution in [1.29, 1.82) is 0 Å². The van der Waals surface area contributed by atoms with Crippen LogP contribution in [0.25, 0.3) is 0 Å². The van der Waals surface area contributed by atoms with Crippen LogP contribution in [0.1, 0.15) is 31.2 Å². The Balaban J connectivity index is 1.28. The molecular formula is C24H25ClN8OS. The molecule has 11 heteroatoms. The molecule has 1 spiro atoms. The summed E-state index contributed by atoms with van der Waals surface area (Å²) in [7, 11) is 0. The van der Waals surface area contributed by atoms with Gasteiger partial charge < -0.3 is 21.1 Å². The third kappa shape index (κ3) is 4.90. The number of ether oxygens (including phenoxy) is 1. The number of nitrogens with two attached hydrogens (primary N) is 2. The second-order valence-corrected chi connectivity index (χ2v) is 10.1. The number of rotatable bonds is 3. The number of pyridine rings is 1. The molecule has 4 N–H and O–H groups in total. The molecule has 0 aliphatic carbocycles. The Morgan fingerprint density at radius 3 is 2.66 bits per heavy atom. The number of piperidine rings is 1. The van der Waals surface area contributed by atoms with Crippen molar-refractivity contribution in [2.75, 3.05) is 30.3 Å². The number of hydrogen-bond donors (Lipinski definition) is 2. The maximum absolute atomic E-state index is 6.57. The van der Waals surface area contributed by atoms with Crippen molar-refractivity contribution in [3.63, 3.8) is 0 Å². The maximum atomic E-state index is 6.57. The summed E-state index contributed by atoms with van der Waals surface area (Å²) in [5.74, 6) is 6.98. The molecule has 180 valence electrons. The fourth-order valence-electron chi connectivity index (χ4n) is 4.45. The van der Waals surface area contributed by atoms with Crippen molar-refractivity contribution in [2.45, 2.75) is 41.8 Å². The van der Waals surface area contributed by atoms with E-state index < -0.39 is 0 Å². The first-order chi connectivity index (χ1) is 16.9. The maximum Gasteiger partial charge on any atom is 0.158 e. The van der Waals surface area contributed by atoms with E-state index in [0.717, 1.165) is 43.3 Å². The van der Waals surface area contributed by atoms with Gasteiger partial charge >= 0.3 is 0 Å². The predicted octanol–water partition coefficient (Wildman–Crippen LogP) is 2.78. The molecule has 3 aromatic heterocycles. The van der Waals surface area contributed by atoms with E-state index in [4.69, 9.17) is 27.8 Å². The summed E-state index contributed by atoms with van der Waals surface area (Å²) in [6.45, 7) is 4.46. The standard InChI is InChI=1S/C24H25ClN8OS/c1-15-21(26)24(14-34-15)5-10-33(11-6-24)19-13-31-23(22(27)32-19)35-18-4-7-30-17(20(18)25)3-2-16-12-28-8-9-29-16/h4,7-9,12-13,15,21H,5-6,10-11,14,26H2,1H3,(H2,27,32)/t15-,21+/m0/s1. The van der Waals surface area contributed by atoms with Gasteiger partial charge in [0.15, 0.2) is 5.82 Å². The van der Waals surface area contributed by atoms with E-state index in [1.54, 1.807) is 37.1 Å². The number of halogens is 1. The molecule has 2 saturated heterocycles. The van der Waals surface area contributed by atoms with Gasteiger partial charge in [-0.25, -0.2) is 19.9 Å². The van der Waals surface area contributed by atoms with E-state index in [1.807, 2.05) is 0 Å². The fourth-order valence-corrected chi connectivity index (χ4v) is 5.50. The van der Waals surface area contributed by atoms with Gasteiger partial charge in [0.2, 0.25) is 0 Å². The van der Waals surface area contributed by atoms with Gasteiger partial charge in [0.1, 0.15) is 22.2 Å². The van der Waals surface area contributed by atoms with Gasteiger partial charge in [0.05, 0.1) is 30.1 Å². The van der Waals surface area contributed by atoms with Crippen LogP contribution in [0.15, 0.2) is 47.0 Å². The summed E-state index contributed by atoms with van der Waals surface area (Å²) >= 11 is 7.90. The predicted molar refractivity (Wildman–Crippen MR) is 135 cm³/mol. The van der Waals surface area contributed by atoms with Crippen LogP contribution in [-0.2, 0) is 4.74 Å². The van der Waals surface area contributed by atoms with Crippen LogP contribution in [-0.4, -0.2) is 56.8 Å². The van der Waals surface area contributed by atoms with Gasteiger partial charge in [-0.15, -0.1) is 0 Å². The van der Waals surface area contributed by atoms with Crippen molar-refractivity contribution in [3.05, 3.63) is 53.5 Å². The molecule has 0 amide bonds. The Kier molecular flexibility index (Phi) is 6.75. The summed E-state index contributed by atoms with van der Waals surface area (Å²) in [5, 5.41) is 0.994. The normalized spacial score (nSPS) is 21.1. The lowest BCUT2D eigenvalue weighted by atomic mass is 9.73. The van der Waals surface area contributed by atoms with E-state index in [2.05, 4.69) is 48.6 Å². The zero-order valence-electron chi connectivity index (χ0n) is 19.2. The van der Waals surface area contributed by atoms with Gasteiger partial charge in [-0.1, -0.05) is 23.4 Å². The molecule has 0 radical (unpaired) electrons. The molecule has 5 rings (SSSR count). The molecule has 2 aliphatic heterocycles. The summed E-state index contributed by atoms with van der Waals surface area (Å²) in [6.07, 6.45) is 10.2. The van der Waals surface area contributed by atoms with Crippen LogP contribution in [0.5, 0.6) is 0 Å². The third-order valence-electron chi connectivity index (χ3n) is 6.61. The highest BCUT2D eigenvalue weighted by molar-refractivity contribution is 7.99. The minimum absolute atomic E-state index is 0.0520. The quantitative estimate of drug-likeness (QED) is 0.509. The Bertz CT molecular complexity index is 1270. The molecule has 5 heterocycles. The molecule has 2 atom stereocenters. The fraction of sp³-hybridized carbons (Fsp3) is 0.375. The minimum atomic E-state index is 0.0520. The van der Waals surface area contributed by atoms with E-state index in [0.29, 0.717) is 27.3 Å². The summed E-state index contributed by atoms with van der Waals surface area (Å²) in [6, 6.07) is 1.87. The van der Waals surface area contributed by atoms with Crippen molar-refractivity contribution in [3.8, 4) is 11.8 Å². The molecule has 3 aromatic rings. The monoisotopic (exact) mass is 508 g/mol. The van der Waals surface area contributed by atoms with Gasteiger partial charge in [0, 0.05) is 48.0 Å². The molecule has 0 bridgehead atoms. The van der Waals surface area contributed by atoms with Gasteiger partial charge in [-0.2, -0.15) is 0 Å². The van der Waals surface area contributed by atoms with Gasteiger partial charge in [-0.3, -0.25) is 4.98 Å². The third-order valence-corrected chi connectivity index (χ3v) is 8.18. The molecule has 35 heavy (non-hydrogen) atoms. The van der Waals surface area contributed by atoms with Crippen LogP contribution in [0.3, 0.4) is 0 Å². The van der Waals surface area contributed by atoms with Crippen LogP contribution in [0.4, 0.5) is 11.6 Å². The largest absolute Gasteiger partial charge is 0.381 e. The topological polar surface area (TPSA) is 129 Å². The smallest absolute Gasteiger partial charge is 0.158 e. The number of nitrogen functional groups attached to an aromatic ring is 1. The van der Waals surface area contributed by atoms with Gasteiger partial charge in [0.25, 0.3) is 0 Å². The van der Waals surface area contributed by atoms with Crippen LogP contribution in [0.2, 0.25) is 5.02 Å². The van der Waals surface area contributed by atoms with Crippen LogP contribution >= 0.6 is 23.4 Å². The highest BCUT2D eigenvalue weighted by Crippen LogP contribution is 2.42. The van der Waals surface area contributed by atoms with Crippen molar-refractivity contribution < 1.29 is 4.74 Å². The van der Waals surface area contributed by atoms with Gasteiger partial charge in [-0.05, 0) is 37.7 Å². The lowest BCUT2D eigenvalue weighted by Gasteiger charge is -2.41. The van der Waals surface area contributed by atoms with E-state index in [1.165, 1.54) is 11.8 Å². The zero-order valence-corrected chi connectivity index (χ0v) is 20.8. The lowest BCUT2D eigenvalue weighted by molar-refractivity contribution is 0.0974. The molecule has 2 aliphatic rings. The molecule has 0 unspecified atom stereocenters. The number of anilines is 2. The molecular weight excluding hydrogens is 484 g/mol. The highest BCUT2D eigenvalue weighted by atomic mass is 35.5. The Morgan fingerprint density at radius 1 is 1.14 bits per heavy atom. The van der Waals surface area contributed by atoms with Crippen LogP contribution < -0.4 is 16.4 Å². The van der Waals surface area contributed by atoms with E-state index in [9.17, 15) is 0 Å². The summed E-state index contributed by atoms with van der Waals surface area (Å²) < 4.78 is 5.82. The first-order valence-electron chi connectivity index (χ1n) is 11.3. The highest BCUT2D eigenvalue weighted by Gasteiger charge is 2.47. The summed E-state index contributed by atoms with van der Waals surface area (Å²) in [4.78, 5) is 24.6. The summed E-state index contributed by atoms with van der Waals surface area (Å²) in [5.41, 5.74) is 13.8. The number of aromatic nitrogens is 5. The number of hydrogen-bond acceptors (Lipinski definition) is 10. The molecule has 0 saturated carbocycles. The Hall–Kier alpha value is -2.97. The van der Waals surface area contributed by atoms with Crippen molar-refractivity contribution in [2.24, 2.45) is 11.1 Å². The second kappa shape index (κ2) is 9.95. The van der Waals surface area contributed by atoms with Crippen LogP contribution in [0, 0.1) is 17.3 Å². The minimum Gasteiger partial charge on any atom is -0.381 e. The van der Waals surface area contributed by atoms with E-state index in [-0.39, 0.29) is 17.6 Å². The average molecular weight is 509 g/mol. The number of nitrogens with zero attached hydrogens (tertiary/aromatic N) is 6. The van der Waals surface area contributed by atoms with Crippen molar-refractivity contribution >= 4 is 35.0 Å². The Morgan fingerprint density at radius 2 is 1.97 bits per heavy atom. The molecule has 0 aromatic carbocycles. The zero-order chi connectivity index (χ0) is 24.4. The second-order valence-electron chi connectivity index (χ2n) is 8.72. The van der Waals surface area contributed by atoms with E-state index >= 15 is 0 Å². The first kappa shape index (κ1) is 23.8. The SMILES string of the molecule is C[C@@H]1OCC2(CCN(c3cnc(Sc4ccnc(C#Cc5cnccn5)c4Cl)c(N)n3)CC2)[C@@H]1N. The average Bonchev–Trinajstić information content (AvgIpc) is 3.15. The van der Waals surface area contributed by atoms with Crippen molar-refractivity contribution in [1.82, 2.24) is 24.9 Å². The Labute approximate surface area is 213 Å².